The van der Waals surface area contributed by atoms with Crippen LogP contribution in [0.15, 0.2) is 108 Å². The van der Waals surface area contributed by atoms with Crippen LogP contribution in [0.4, 0.5) is 10.1 Å². The van der Waals surface area contributed by atoms with Gasteiger partial charge in [0.2, 0.25) is 11.8 Å². The first-order valence-corrected chi connectivity index (χ1v) is 16.6. The molecule has 2 amide bonds. The van der Waals surface area contributed by atoms with E-state index >= 15 is 0 Å². The van der Waals surface area contributed by atoms with Crippen molar-refractivity contribution in [3.8, 4) is 5.75 Å². The first-order valence-electron chi connectivity index (χ1n) is 14.8. The molecule has 4 rings (SSSR count). The number of rotatable bonds is 14. The number of carbonyl (C=O) groups is 2. The Kier molecular flexibility index (Phi) is 11.8. The summed E-state index contributed by atoms with van der Waals surface area (Å²) in [5, 5.41) is 3.14. The smallest absolute Gasteiger partial charge is 0.264 e. The third kappa shape index (κ3) is 8.64. The molecule has 2 atom stereocenters. The summed E-state index contributed by atoms with van der Waals surface area (Å²) >= 11 is 6.41. The van der Waals surface area contributed by atoms with E-state index in [-0.39, 0.29) is 34.6 Å². The lowest BCUT2D eigenvalue weighted by atomic mass is 10.0. The molecule has 0 fully saturated rings. The highest BCUT2D eigenvalue weighted by Crippen LogP contribution is 2.32. The van der Waals surface area contributed by atoms with E-state index in [1.54, 1.807) is 18.2 Å². The van der Waals surface area contributed by atoms with E-state index in [0.717, 1.165) is 9.87 Å². The zero-order chi connectivity index (χ0) is 33.3. The molecule has 4 aromatic rings. The van der Waals surface area contributed by atoms with E-state index in [0.29, 0.717) is 17.7 Å². The number of anilines is 1. The van der Waals surface area contributed by atoms with Crippen molar-refractivity contribution in [2.24, 2.45) is 0 Å². The van der Waals surface area contributed by atoms with E-state index in [1.807, 2.05) is 44.2 Å². The Morgan fingerprint density at radius 1 is 0.913 bits per heavy atom. The fourth-order valence-corrected chi connectivity index (χ4v) is 6.52. The topological polar surface area (TPSA) is 96.0 Å². The van der Waals surface area contributed by atoms with Crippen LogP contribution in [0, 0.1) is 5.82 Å². The van der Waals surface area contributed by atoms with Gasteiger partial charge in [0, 0.05) is 19.0 Å². The molecular weight excluding hydrogens is 629 g/mol. The predicted molar refractivity (Wildman–Crippen MR) is 178 cm³/mol. The average Bonchev–Trinajstić information content (AvgIpc) is 3.06. The van der Waals surface area contributed by atoms with Gasteiger partial charge in [-0.05, 0) is 66.9 Å². The summed E-state index contributed by atoms with van der Waals surface area (Å²) in [6.45, 7) is 3.08. The molecular formula is C35H37ClFN3O5S. The molecule has 0 aromatic heterocycles. The van der Waals surface area contributed by atoms with Crippen LogP contribution in [0.5, 0.6) is 5.75 Å². The second-order valence-corrected chi connectivity index (χ2v) is 13.1. The number of sulfonamides is 1. The minimum atomic E-state index is -4.29. The molecule has 0 unspecified atom stereocenters. The molecule has 0 heterocycles. The number of carbonyl (C=O) groups excluding carboxylic acids is 2. The van der Waals surface area contributed by atoms with Crippen LogP contribution in [-0.4, -0.2) is 50.9 Å². The molecule has 1 N–H and O–H groups in total. The first-order chi connectivity index (χ1) is 22.0. The van der Waals surface area contributed by atoms with Gasteiger partial charge in [-0.25, -0.2) is 12.8 Å². The number of methoxy groups -OCH3 is 1. The number of amides is 2. The molecule has 0 saturated carbocycles. The molecule has 8 nitrogen and oxygen atoms in total. The molecule has 4 aromatic carbocycles. The number of nitrogens with one attached hydrogen (secondary N) is 1. The average molecular weight is 666 g/mol. The Morgan fingerprint density at radius 2 is 1.54 bits per heavy atom. The van der Waals surface area contributed by atoms with Crippen molar-refractivity contribution in [3.63, 3.8) is 0 Å². The van der Waals surface area contributed by atoms with E-state index in [4.69, 9.17) is 16.3 Å². The summed E-state index contributed by atoms with van der Waals surface area (Å²) in [6.07, 6.45) is 0.826. The van der Waals surface area contributed by atoms with Crippen molar-refractivity contribution in [1.82, 2.24) is 10.2 Å². The summed E-state index contributed by atoms with van der Waals surface area (Å²) in [5.74, 6) is -1.15. The molecule has 242 valence electrons. The highest BCUT2D eigenvalue weighted by atomic mass is 35.5. The van der Waals surface area contributed by atoms with Crippen molar-refractivity contribution < 1.29 is 27.1 Å². The third-order valence-electron chi connectivity index (χ3n) is 7.57. The molecule has 0 aliphatic rings. The van der Waals surface area contributed by atoms with Crippen molar-refractivity contribution in [2.75, 3.05) is 18.0 Å². The predicted octanol–water partition coefficient (Wildman–Crippen LogP) is 6.24. The lowest BCUT2D eigenvalue weighted by molar-refractivity contribution is -0.140. The molecule has 0 aliphatic heterocycles. The van der Waals surface area contributed by atoms with Crippen molar-refractivity contribution >= 4 is 39.1 Å². The van der Waals surface area contributed by atoms with Gasteiger partial charge in [-0.1, -0.05) is 79.2 Å². The highest BCUT2D eigenvalue weighted by Gasteiger charge is 2.35. The lowest BCUT2D eigenvalue weighted by Gasteiger charge is -2.34. The maximum absolute atomic E-state index is 14.5. The van der Waals surface area contributed by atoms with Gasteiger partial charge in [-0.15, -0.1) is 0 Å². The van der Waals surface area contributed by atoms with Gasteiger partial charge >= 0.3 is 0 Å². The summed E-state index contributed by atoms with van der Waals surface area (Å²) in [7, 11) is -2.85. The van der Waals surface area contributed by atoms with Gasteiger partial charge in [-0.3, -0.25) is 13.9 Å². The zero-order valence-electron chi connectivity index (χ0n) is 25.9. The molecule has 11 heteroatoms. The number of nitrogens with zero attached hydrogens (tertiary/aromatic N) is 2. The number of ether oxygens (including phenoxy) is 1. The number of hydrogen-bond donors (Lipinski definition) is 1. The fraction of sp³-hybridized carbons (Fsp3) is 0.257. The number of halogens is 2. The maximum Gasteiger partial charge on any atom is 0.264 e. The Bertz CT molecular complexity index is 1720. The van der Waals surface area contributed by atoms with E-state index < -0.39 is 40.2 Å². The Balaban J connectivity index is 1.82. The van der Waals surface area contributed by atoms with Gasteiger partial charge in [0.25, 0.3) is 10.0 Å². The maximum atomic E-state index is 14.5. The Hall–Kier alpha value is -4.41. The van der Waals surface area contributed by atoms with E-state index in [2.05, 4.69) is 5.32 Å². The van der Waals surface area contributed by atoms with Gasteiger partial charge in [0.1, 0.15) is 24.2 Å². The standard InChI is InChI=1S/C35H37ClFN3O5S/c1-4-25(2)38-35(42)32(21-26-11-7-5-8-12-26)39(23-27-15-17-28(37)18-16-27)34(41)24-40(29-19-20-33(45-3)31(36)22-29)46(43,44)30-13-9-6-10-14-30/h5-20,22,25,32H,4,21,23-24H2,1-3H3,(H,38,42)/t25-,32-/m1/s1. The second kappa shape index (κ2) is 15.7. The van der Waals surface area contributed by atoms with Crippen LogP contribution < -0.4 is 14.4 Å². The minimum Gasteiger partial charge on any atom is -0.495 e. The van der Waals surface area contributed by atoms with Crippen LogP contribution in [0.25, 0.3) is 0 Å². The van der Waals surface area contributed by atoms with Crippen LogP contribution in [0.2, 0.25) is 5.02 Å². The monoisotopic (exact) mass is 665 g/mol. The van der Waals surface area contributed by atoms with Crippen LogP contribution >= 0.6 is 11.6 Å². The van der Waals surface area contributed by atoms with Crippen molar-refractivity contribution in [1.29, 1.82) is 0 Å². The summed E-state index contributed by atoms with van der Waals surface area (Å²) < 4.78 is 48.2. The SMILES string of the molecule is CC[C@@H](C)NC(=O)[C@@H](Cc1ccccc1)N(Cc1ccc(F)cc1)C(=O)CN(c1ccc(OC)c(Cl)c1)S(=O)(=O)c1ccccc1. The first kappa shape index (κ1) is 34.5. The van der Waals surface area contributed by atoms with Gasteiger partial charge in [0.15, 0.2) is 0 Å². The Labute approximate surface area is 274 Å². The van der Waals surface area contributed by atoms with Crippen LogP contribution in [0.1, 0.15) is 31.4 Å². The molecule has 0 bridgehead atoms. The summed E-state index contributed by atoms with van der Waals surface area (Å²) in [6, 6.07) is 25.8. The summed E-state index contributed by atoms with van der Waals surface area (Å²) in [4.78, 5) is 29.7. The van der Waals surface area contributed by atoms with Gasteiger partial charge in [0.05, 0.1) is 22.7 Å². The largest absolute Gasteiger partial charge is 0.495 e. The molecule has 0 saturated heterocycles. The minimum absolute atomic E-state index is 0.0322. The molecule has 0 spiro atoms. The third-order valence-corrected chi connectivity index (χ3v) is 9.66. The van der Waals surface area contributed by atoms with E-state index in [1.165, 1.54) is 66.6 Å². The van der Waals surface area contributed by atoms with Gasteiger partial charge in [-0.2, -0.15) is 0 Å². The van der Waals surface area contributed by atoms with Crippen LogP contribution in [0.3, 0.4) is 0 Å². The molecule has 0 aliphatic carbocycles. The van der Waals surface area contributed by atoms with Crippen molar-refractivity contribution in [2.45, 2.75) is 50.2 Å². The second-order valence-electron chi connectivity index (χ2n) is 10.8. The van der Waals surface area contributed by atoms with Crippen molar-refractivity contribution in [3.05, 3.63) is 125 Å². The normalized spacial score (nSPS) is 12.5. The zero-order valence-corrected chi connectivity index (χ0v) is 27.5. The Morgan fingerprint density at radius 3 is 2.13 bits per heavy atom. The van der Waals surface area contributed by atoms with Gasteiger partial charge < -0.3 is 15.0 Å². The van der Waals surface area contributed by atoms with Crippen LogP contribution in [-0.2, 0) is 32.6 Å². The van der Waals surface area contributed by atoms with E-state index in [9.17, 15) is 22.4 Å². The lowest BCUT2D eigenvalue weighted by Crippen LogP contribution is -2.54. The quantitative estimate of drug-likeness (QED) is 0.172. The number of hydrogen-bond acceptors (Lipinski definition) is 5. The molecule has 46 heavy (non-hydrogen) atoms. The number of benzene rings is 4. The fourth-order valence-electron chi connectivity index (χ4n) is 4.84. The summed E-state index contributed by atoms with van der Waals surface area (Å²) in [5.41, 5.74) is 1.50. The highest BCUT2D eigenvalue weighted by molar-refractivity contribution is 7.92. The molecule has 0 radical (unpaired) electrons.